The van der Waals surface area contributed by atoms with Gasteiger partial charge >= 0.3 is 6.03 Å². The van der Waals surface area contributed by atoms with Crippen molar-refractivity contribution in [3.63, 3.8) is 0 Å². The molecular weight excluding hydrogens is 240 g/mol. The monoisotopic (exact) mass is 258 g/mol. The summed E-state index contributed by atoms with van der Waals surface area (Å²) in [5, 5.41) is 3.09. The second-order valence-electron chi connectivity index (χ2n) is 4.92. The summed E-state index contributed by atoms with van der Waals surface area (Å²) in [6.45, 7) is 2.10. The van der Waals surface area contributed by atoms with Crippen molar-refractivity contribution < 1.29 is 9.53 Å². The summed E-state index contributed by atoms with van der Waals surface area (Å²) >= 11 is 0. The maximum absolute atomic E-state index is 12.1. The smallest absolute Gasteiger partial charge is 0.318 e. The molecule has 0 aliphatic carbocycles. The summed E-state index contributed by atoms with van der Waals surface area (Å²) in [6.07, 6.45) is 4.87. The van der Waals surface area contributed by atoms with Crippen molar-refractivity contribution in [2.24, 2.45) is 0 Å². The van der Waals surface area contributed by atoms with E-state index >= 15 is 0 Å². The van der Waals surface area contributed by atoms with E-state index in [1.54, 1.807) is 4.90 Å². The van der Waals surface area contributed by atoms with Crippen LogP contribution in [0.1, 0.15) is 18.1 Å². The molecule has 1 aromatic rings. The normalized spacial score (nSPS) is 25.8. The highest BCUT2D eigenvalue weighted by Gasteiger charge is 2.31. The third-order valence-corrected chi connectivity index (χ3v) is 3.63. The fourth-order valence-corrected chi connectivity index (χ4v) is 2.60. The zero-order valence-corrected chi connectivity index (χ0v) is 10.8. The van der Waals surface area contributed by atoms with Gasteiger partial charge in [-0.25, -0.2) is 4.79 Å². The molecule has 19 heavy (non-hydrogen) atoms. The first-order chi connectivity index (χ1) is 9.34. The van der Waals surface area contributed by atoms with Gasteiger partial charge < -0.3 is 15.0 Å². The molecule has 1 saturated heterocycles. The van der Waals surface area contributed by atoms with Crippen LogP contribution < -0.4 is 5.32 Å². The van der Waals surface area contributed by atoms with E-state index < -0.39 is 0 Å². The first kappa shape index (κ1) is 12.2. The number of benzene rings is 1. The highest BCUT2D eigenvalue weighted by Crippen LogP contribution is 2.29. The first-order valence-corrected chi connectivity index (χ1v) is 6.71. The van der Waals surface area contributed by atoms with Crippen molar-refractivity contribution in [3.05, 3.63) is 48.0 Å². The molecule has 3 rings (SSSR count). The van der Waals surface area contributed by atoms with Gasteiger partial charge in [0.15, 0.2) is 0 Å². The predicted octanol–water partition coefficient (Wildman–Crippen LogP) is 2.10. The zero-order valence-electron chi connectivity index (χ0n) is 10.8. The molecule has 1 aromatic carbocycles. The van der Waals surface area contributed by atoms with Crippen molar-refractivity contribution in [3.8, 4) is 0 Å². The van der Waals surface area contributed by atoms with Gasteiger partial charge in [-0.05, 0) is 12.0 Å². The molecule has 2 aliphatic heterocycles. The van der Waals surface area contributed by atoms with E-state index in [4.69, 9.17) is 4.74 Å². The standard InChI is InChI=1S/C15H18N2O2/c18-15(17-9-4-5-10-17)16-13-8-11-19-14(13)12-6-2-1-3-7-12/h1-7,13-14H,8-11H2,(H,16,18)/t13-,14+/m1/s1. The van der Waals surface area contributed by atoms with E-state index in [-0.39, 0.29) is 18.2 Å². The molecular formula is C15H18N2O2. The topological polar surface area (TPSA) is 41.6 Å². The third-order valence-electron chi connectivity index (χ3n) is 3.63. The van der Waals surface area contributed by atoms with E-state index in [0.29, 0.717) is 19.7 Å². The van der Waals surface area contributed by atoms with Crippen LogP contribution >= 0.6 is 0 Å². The summed E-state index contributed by atoms with van der Waals surface area (Å²) in [6, 6.07) is 10.2. The lowest BCUT2D eigenvalue weighted by molar-refractivity contribution is 0.0986. The average molecular weight is 258 g/mol. The van der Waals surface area contributed by atoms with E-state index in [1.165, 1.54) is 0 Å². The Bertz CT molecular complexity index is 464. The van der Waals surface area contributed by atoms with E-state index in [1.807, 2.05) is 42.5 Å². The van der Waals surface area contributed by atoms with Gasteiger partial charge in [0, 0.05) is 19.7 Å². The molecule has 0 unspecified atom stereocenters. The number of ether oxygens (including phenoxy) is 1. The summed E-state index contributed by atoms with van der Waals surface area (Å²) in [7, 11) is 0. The highest BCUT2D eigenvalue weighted by molar-refractivity contribution is 5.75. The summed E-state index contributed by atoms with van der Waals surface area (Å²) in [4.78, 5) is 13.9. The van der Waals surface area contributed by atoms with Crippen LogP contribution in [0.15, 0.2) is 42.5 Å². The maximum Gasteiger partial charge on any atom is 0.318 e. The maximum atomic E-state index is 12.1. The molecule has 2 atom stereocenters. The molecule has 1 fully saturated rings. The lowest BCUT2D eigenvalue weighted by Crippen LogP contribution is -2.44. The molecule has 0 spiro atoms. The first-order valence-electron chi connectivity index (χ1n) is 6.71. The van der Waals surface area contributed by atoms with Crippen LogP contribution in [0.3, 0.4) is 0 Å². The molecule has 4 nitrogen and oxygen atoms in total. The van der Waals surface area contributed by atoms with Gasteiger partial charge in [-0.15, -0.1) is 0 Å². The van der Waals surface area contributed by atoms with Crippen LogP contribution in [0.2, 0.25) is 0 Å². The molecule has 0 bridgehead atoms. The lowest BCUT2D eigenvalue weighted by Gasteiger charge is -2.23. The molecule has 0 aromatic heterocycles. The van der Waals surface area contributed by atoms with Crippen molar-refractivity contribution in [1.82, 2.24) is 10.2 Å². The minimum absolute atomic E-state index is 0.00133. The second kappa shape index (κ2) is 5.45. The minimum atomic E-state index is -0.0271. The third kappa shape index (κ3) is 2.63. The number of rotatable bonds is 2. The summed E-state index contributed by atoms with van der Waals surface area (Å²) < 4.78 is 5.77. The Kier molecular flexibility index (Phi) is 3.51. The van der Waals surface area contributed by atoms with Crippen LogP contribution in [-0.4, -0.2) is 36.7 Å². The highest BCUT2D eigenvalue weighted by atomic mass is 16.5. The summed E-state index contributed by atoms with van der Waals surface area (Å²) in [5.74, 6) is 0. The van der Waals surface area contributed by atoms with Gasteiger partial charge in [0.05, 0.1) is 6.04 Å². The Morgan fingerprint density at radius 3 is 2.68 bits per heavy atom. The number of urea groups is 1. The van der Waals surface area contributed by atoms with Gasteiger partial charge in [-0.2, -0.15) is 0 Å². The fourth-order valence-electron chi connectivity index (χ4n) is 2.60. The Balaban J connectivity index is 1.65. The van der Waals surface area contributed by atoms with E-state index in [2.05, 4.69) is 5.32 Å². The van der Waals surface area contributed by atoms with Gasteiger partial charge in [0.1, 0.15) is 6.10 Å². The number of hydrogen-bond donors (Lipinski definition) is 1. The zero-order chi connectivity index (χ0) is 13.1. The van der Waals surface area contributed by atoms with Crippen LogP contribution in [0, 0.1) is 0 Å². The largest absolute Gasteiger partial charge is 0.371 e. The van der Waals surface area contributed by atoms with Gasteiger partial charge in [-0.1, -0.05) is 42.5 Å². The van der Waals surface area contributed by atoms with E-state index in [0.717, 1.165) is 12.0 Å². The van der Waals surface area contributed by atoms with Crippen LogP contribution in [0.25, 0.3) is 0 Å². The van der Waals surface area contributed by atoms with Crippen molar-refractivity contribution in [2.75, 3.05) is 19.7 Å². The number of nitrogens with one attached hydrogen (secondary N) is 1. The molecule has 2 heterocycles. The number of hydrogen-bond acceptors (Lipinski definition) is 2. The SMILES string of the molecule is O=C(N[C@@H]1CCO[C@H]1c1ccccc1)N1CC=CC1. The molecule has 0 radical (unpaired) electrons. The molecule has 4 heteroatoms. The Morgan fingerprint density at radius 1 is 1.21 bits per heavy atom. The number of carbonyl (C=O) groups excluding carboxylic acids is 1. The van der Waals surface area contributed by atoms with Gasteiger partial charge in [0.2, 0.25) is 0 Å². The van der Waals surface area contributed by atoms with Crippen molar-refractivity contribution in [2.45, 2.75) is 18.6 Å². The molecule has 100 valence electrons. The number of nitrogens with zero attached hydrogens (tertiary/aromatic N) is 1. The number of amides is 2. The molecule has 1 N–H and O–H groups in total. The minimum Gasteiger partial charge on any atom is -0.371 e. The Labute approximate surface area is 113 Å². The number of carbonyl (C=O) groups is 1. The second-order valence-corrected chi connectivity index (χ2v) is 4.92. The molecule has 2 amide bonds. The predicted molar refractivity (Wildman–Crippen MR) is 72.8 cm³/mol. The van der Waals surface area contributed by atoms with Crippen LogP contribution in [-0.2, 0) is 4.74 Å². The lowest BCUT2D eigenvalue weighted by atomic mass is 10.0. The summed E-state index contributed by atoms with van der Waals surface area (Å²) in [5.41, 5.74) is 1.13. The van der Waals surface area contributed by atoms with Gasteiger partial charge in [0.25, 0.3) is 0 Å². The van der Waals surface area contributed by atoms with Crippen molar-refractivity contribution in [1.29, 1.82) is 0 Å². The molecule has 0 saturated carbocycles. The Hall–Kier alpha value is -1.81. The van der Waals surface area contributed by atoms with Gasteiger partial charge in [-0.3, -0.25) is 0 Å². The van der Waals surface area contributed by atoms with Crippen LogP contribution in [0.5, 0.6) is 0 Å². The fraction of sp³-hybridized carbons (Fsp3) is 0.400. The van der Waals surface area contributed by atoms with Crippen molar-refractivity contribution >= 4 is 6.03 Å². The van der Waals surface area contributed by atoms with Crippen LogP contribution in [0.4, 0.5) is 4.79 Å². The Morgan fingerprint density at radius 2 is 1.95 bits per heavy atom. The average Bonchev–Trinajstić information content (AvgIpc) is 3.11. The molecule has 2 aliphatic rings. The van der Waals surface area contributed by atoms with E-state index in [9.17, 15) is 4.79 Å². The quantitative estimate of drug-likeness (QED) is 0.825.